The molecule has 0 bridgehead atoms. The van der Waals surface area contributed by atoms with Crippen LogP contribution in [-0.4, -0.2) is 20.4 Å². The molecule has 3 aromatic carbocycles. The number of sulfonamides is 1. The lowest BCUT2D eigenvalue weighted by molar-refractivity contribution is -0.122. The molecule has 31 heavy (non-hydrogen) atoms. The number of amides is 1. The molecule has 6 nitrogen and oxygen atoms in total. The Hall–Kier alpha value is -3.32. The average Bonchev–Trinajstić information content (AvgIpc) is 2.71. The summed E-state index contributed by atoms with van der Waals surface area (Å²) in [6.45, 7) is 7.48. The number of benzene rings is 3. The highest BCUT2D eigenvalue weighted by Gasteiger charge is 2.18. The Morgan fingerprint density at radius 3 is 2.26 bits per heavy atom. The maximum Gasteiger partial charge on any atom is 0.265 e. The highest BCUT2D eigenvalue weighted by molar-refractivity contribution is 7.92. The van der Waals surface area contributed by atoms with Crippen molar-refractivity contribution in [3.05, 3.63) is 83.4 Å². The zero-order chi connectivity index (χ0) is 22.6. The second-order valence-electron chi connectivity index (χ2n) is 7.45. The third-order valence-corrected chi connectivity index (χ3v) is 6.33. The van der Waals surface area contributed by atoms with Crippen molar-refractivity contribution in [2.45, 2.75) is 38.7 Å². The fourth-order valence-corrected chi connectivity index (χ4v) is 4.03. The molecule has 0 aliphatic heterocycles. The Morgan fingerprint density at radius 1 is 0.903 bits per heavy atom. The normalized spacial score (nSPS) is 12.1. The van der Waals surface area contributed by atoms with Crippen molar-refractivity contribution in [3.8, 4) is 5.75 Å². The van der Waals surface area contributed by atoms with E-state index in [1.807, 2.05) is 45.0 Å². The second-order valence-corrected chi connectivity index (χ2v) is 9.13. The monoisotopic (exact) mass is 438 g/mol. The molecule has 2 N–H and O–H groups in total. The summed E-state index contributed by atoms with van der Waals surface area (Å²) in [5.41, 5.74) is 4.00. The minimum Gasteiger partial charge on any atom is -0.481 e. The maximum absolute atomic E-state index is 12.6. The minimum atomic E-state index is -3.73. The third kappa shape index (κ3) is 5.64. The molecule has 3 aromatic rings. The van der Waals surface area contributed by atoms with Crippen LogP contribution in [0.25, 0.3) is 0 Å². The highest BCUT2D eigenvalue weighted by atomic mass is 32.2. The van der Waals surface area contributed by atoms with Gasteiger partial charge in [0.1, 0.15) is 5.75 Å². The molecule has 0 radical (unpaired) electrons. The number of carbonyl (C=O) groups excluding carboxylic acids is 1. The summed E-state index contributed by atoms with van der Waals surface area (Å²) in [7, 11) is -3.73. The smallest absolute Gasteiger partial charge is 0.265 e. The molecule has 3 rings (SSSR count). The summed E-state index contributed by atoms with van der Waals surface area (Å²) in [5.74, 6) is 0.334. The quantitative estimate of drug-likeness (QED) is 0.554. The molecule has 0 aliphatic carbocycles. The van der Waals surface area contributed by atoms with E-state index in [1.54, 1.807) is 37.3 Å². The van der Waals surface area contributed by atoms with Gasteiger partial charge in [0, 0.05) is 11.4 Å². The highest BCUT2D eigenvalue weighted by Crippen LogP contribution is 2.23. The molecule has 0 spiro atoms. The molecule has 0 heterocycles. The van der Waals surface area contributed by atoms with Crippen molar-refractivity contribution in [2.75, 3.05) is 10.0 Å². The van der Waals surface area contributed by atoms with Gasteiger partial charge in [-0.2, -0.15) is 0 Å². The molecular weight excluding hydrogens is 412 g/mol. The van der Waals surface area contributed by atoms with E-state index in [4.69, 9.17) is 4.74 Å². The largest absolute Gasteiger partial charge is 0.481 e. The lowest BCUT2D eigenvalue weighted by Crippen LogP contribution is -2.30. The molecular formula is C24H26N2O4S. The molecule has 0 fully saturated rings. The molecule has 0 unspecified atom stereocenters. The topological polar surface area (TPSA) is 84.5 Å². The van der Waals surface area contributed by atoms with Crippen LogP contribution in [0.2, 0.25) is 0 Å². The van der Waals surface area contributed by atoms with Gasteiger partial charge in [-0.3, -0.25) is 9.52 Å². The van der Waals surface area contributed by atoms with Crippen molar-refractivity contribution >= 4 is 27.3 Å². The third-order valence-electron chi connectivity index (χ3n) is 4.93. The van der Waals surface area contributed by atoms with Crippen molar-refractivity contribution < 1.29 is 17.9 Å². The average molecular weight is 439 g/mol. The Morgan fingerprint density at radius 2 is 1.58 bits per heavy atom. The van der Waals surface area contributed by atoms with Crippen LogP contribution in [0.3, 0.4) is 0 Å². The molecule has 0 saturated heterocycles. The van der Waals surface area contributed by atoms with Crippen LogP contribution in [0.4, 0.5) is 11.4 Å². The molecule has 0 saturated carbocycles. The summed E-state index contributed by atoms with van der Waals surface area (Å²) >= 11 is 0. The Balaban J connectivity index is 1.65. The van der Waals surface area contributed by atoms with E-state index in [9.17, 15) is 13.2 Å². The molecule has 1 amide bonds. The van der Waals surface area contributed by atoms with Crippen LogP contribution in [0.15, 0.2) is 71.6 Å². The van der Waals surface area contributed by atoms with Gasteiger partial charge in [-0.1, -0.05) is 24.3 Å². The van der Waals surface area contributed by atoms with Crippen LogP contribution in [0.1, 0.15) is 23.6 Å². The summed E-state index contributed by atoms with van der Waals surface area (Å²) in [4.78, 5) is 12.6. The molecule has 1 atom stereocenters. The van der Waals surface area contributed by atoms with E-state index in [0.717, 1.165) is 16.7 Å². The predicted molar refractivity (Wildman–Crippen MR) is 123 cm³/mol. The Kier molecular flexibility index (Phi) is 6.65. The maximum atomic E-state index is 12.6. The summed E-state index contributed by atoms with van der Waals surface area (Å²) in [5, 5.41) is 2.75. The van der Waals surface area contributed by atoms with Gasteiger partial charge >= 0.3 is 0 Å². The molecule has 0 aromatic heterocycles. The zero-order valence-electron chi connectivity index (χ0n) is 18.0. The van der Waals surface area contributed by atoms with Crippen LogP contribution in [-0.2, 0) is 14.8 Å². The van der Waals surface area contributed by atoms with Gasteiger partial charge in [0.05, 0.1) is 4.90 Å². The van der Waals surface area contributed by atoms with E-state index >= 15 is 0 Å². The SMILES string of the molecule is Cc1cccc(NS(=O)(=O)c2ccc(NC(=O)[C@@H](C)Oc3cccc(C)c3C)cc2)c1. The molecule has 0 aliphatic rings. The number of nitrogens with one attached hydrogen (secondary N) is 2. The lowest BCUT2D eigenvalue weighted by Gasteiger charge is -2.17. The fraction of sp³-hybridized carbons (Fsp3) is 0.208. The number of ether oxygens (including phenoxy) is 1. The van der Waals surface area contributed by atoms with Crippen LogP contribution in [0, 0.1) is 20.8 Å². The van der Waals surface area contributed by atoms with Crippen molar-refractivity contribution in [2.24, 2.45) is 0 Å². The zero-order valence-corrected chi connectivity index (χ0v) is 18.8. The van der Waals surface area contributed by atoms with Crippen molar-refractivity contribution in [1.29, 1.82) is 0 Å². The van der Waals surface area contributed by atoms with E-state index in [2.05, 4.69) is 10.0 Å². The van der Waals surface area contributed by atoms with Gasteiger partial charge in [-0.05, 0) is 86.8 Å². The standard InChI is InChI=1S/C24H26N2O4S/c1-16-7-5-9-21(15-16)26-31(28,29)22-13-11-20(12-14-22)25-24(27)19(4)30-23-10-6-8-17(2)18(23)3/h5-15,19,26H,1-4H3,(H,25,27)/t19-/m1/s1. The fourth-order valence-electron chi connectivity index (χ4n) is 2.98. The first-order valence-corrected chi connectivity index (χ1v) is 11.4. The van der Waals surface area contributed by atoms with Gasteiger partial charge in [0.2, 0.25) is 0 Å². The van der Waals surface area contributed by atoms with E-state index in [0.29, 0.717) is 17.1 Å². The first-order chi connectivity index (χ1) is 14.7. The Labute approximate surface area is 183 Å². The number of rotatable bonds is 7. The number of aryl methyl sites for hydroxylation is 2. The van der Waals surface area contributed by atoms with Crippen LogP contribution >= 0.6 is 0 Å². The van der Waals surface area contributed by atoms with Gasteiger partial charge in [0.15, 0.2) is 6.10 Å². The van der Waals surface area contributed by atoms with Crippen LogP contribution in [0.5, 0.6) is 5.75 Å². The van der Waals surface area contributed by atoms with E-state index < -0.39 is 16.1 Å². The summed E-state index contributed by atoms with van der Waals surface area (Å²) in [6.07, 6.45) is -0.716. The summed E-state index contributed by atoms with van der Waals surface area (Å²) < 4.78 is 33.5. The molecule has 162 valence electrons. The first kappa shape index (κ1) is 22.4. The number of carbonyl (C=O) groups is 1. The number of anilines is 2. The van der Waals surface area contributed by atoms with Crippen molar-refractivity contribution in [3.63, 3.8) is 0 Å². The predicted octanol–water partition coefficient (Wildman–Crippen LogP) is 4.82. The van der Waals surface area contributed by atoms with Gasteiger partial charge in [-0.15, -0.1) is 0 Å². The summed E-state index contributed by atoms with van der Waals surface area (Å²) in [6, 6.07) is 18.8. The van der Waals surface area contributed by atoms with Gasteiger partial charge in [0.25, 0.3) is 15.9 Å². The van der Waals surface area contributed by atoms with Gasteiger partial charge < -0.3 is 10.1 Å². The number of hydrogen-bond donors (Lipinski definition) is 2. The van der Waals surface area contributed by atoms with Crippen molar-refractivity contribution in [1.82, 2.24) is 0 Å². The number of hydrogen-bond acceptors (Lipinski definition) is 4. The van der Waals surface area contributed by atoms with E-state index in [-0.39, 0.29) is 10.8 Å². The Bertz CT molecular complexity index is 1190. The first-order valence-electron chi connectivity index (χ1n) is 9.89. The van der Waals surface area contributed by atoms with E-state index in [1.165, 1.54) is 12.1 Å². The van der Waals surface area contributed by atoms with Crippen LogP contribution < -0.4 is 14.8 Å². The van der Waals surface area contributed by atoms with Gasteiger partial charge in [-0.25, -0.2) is 8.42 Å². The molecule has 7 heteroatoms. The second kappa shape index (κ2) is 9.22. The lowest BCUT2D eigenvalue weighted by atomic mass is 10.1. The minimum absolute atomic E-state index is 0.103.